The van der Waals surface area contributed by atoms with Crippen molar-refractivity contribution in [3.63, 3.8) is 0 Å². The van der Waals surface area contributed by atoms with Crippen molar-refractivity contribution in [3.8, 4) is 0 Å². The summed E-state index contributed by atoms with van der Waals surface area (Å²) in [5, 5.41) is 0. The first-order valence-electron chi connectivity index (χ1n) is 26.0. The van der Waals surface area contributed by atoms with Crippen LogP contribution in [-0.2, 0) is 28.6 Å². The molecule has 0 aliphatic heterocycles. The largest absolute Gasteiger partial charge is 0.462 e. The average molecular weight is 843 g/mol. The second-order valence-corrected chi connectivity index (χ2v) is 17.4. The van der Waals surface area contributed by atoms with Gasteiger partial charge in [0.25, 0.3) is 0 Å². The van der Waals surface area contributed by atoms with Gasteiger partial charge in [0.05, 0.1) is 0 Å². The number of ether oxygens (including phenoxy) is 3. The highest BCUT2D eigenvalue weighted by atomic mass is 16.6. The fourth-order valence-electron chi connectivity index (χ4n) is 7.45. The van der Waals surface area contributed by atoms with Crippen LogP contribution in [-0.4, -0.2) is 37.2 Å². The van der Waals surface area contributed by atoms with Gasteiger partial charge in [0.1, 0.15) is 13.2 Å². The summed E-state index contributed by atoms with van der Waals surface area (Å²) in [6.45, 7) is 6.58. The van der Waals surface area contributed by atoms with Gasteiger partial charge < -0.3 is 14.2 Å². The Morgan fingerprint density at radius 3 is 0.933 bits per heavy atom. The predicted molar refractivity (Wildman–Crippen MR) is 256 cm³/mol. The molecule has 0 radical (unpaired) electrons. The molecule has 0 heterocycles. The van der Waals surface area contributed by atoms with Gasteiger partial charge in [0, 0.05) is 19.3 Å². The zero-order chi connectivity index (χ0) is 43.7. The number of esters is 3. The Balaban J connectivity index is 4.20. The molecule has 0 saturated heterocycles. The van der Waals surface area contributed by atoms with Gasteiger partial charge >= 0.3 is 17.9 Å². The first-order valence-corrected chi connectivity index (χ1v) is 26.0. The summed E-state index contributed by atoms with van der Waals surface area (Å²) >= 11 is 0. The monoisotopic (exact) mass is 843 g/mol. The summed E-state index contributed by atoms with van der Waals surface area (Å²) in [4.78, 5) is 37.7. The molecule has 0 spiro atoms. The Bertz CT molecular complexity index is 1020. The molecule has 0 fully saturated rings. The second-order valence-electron chi connectivity index (χ2n) is 17.4. The molecule has 0 amide bonds. The maximum absolute atomic E-state index is 12.7. The van der Waals surface area contributed by atoms with Crippen molar-refractivity contribution in [1.29, 1.82) is 0 Å². The molecule has 6 nitrogen and oxygen atoms in total. The first-order chi connectivity index (χ1) is 29.5. The van der Waals surface area contributed by atoms with Gasteiger partial charge in [-0.3, -0.25) is 14.4 Å². The highest BCUT2D eigenvalue weighted by Gasteiger charge is 2.19. The summed E-state index contributed by atoms with van der Waals surface area (Å²) in [6, 6.07) is 0. The van der Waals surface area contributed by atoms with Crippen LogP contribution in [0, 0.1) is 0 Å². The standard InChI is InChI=1S/C54H98O6/c1-4-7-10-13-16-18-20-22-24-25-26-27-28-29-31-32-34-36-38-41-44-47-53(56)59-50-51(49-58-52(55)46-43-40-15-12-9-6-3)60-54(57)48-45-42-39-37-35-33-30-23-21-19-17-14-11-8-5-2/h20,22,25-26,28-29,51H,4-19,21,23-24,27,30-50H2,1-3H3/b22-20-,26-25-,29-28-. The Morgan fingerprint density at radius 2 is 0.600 bits per heavy atom. The number of hydrogen-bond acceptors (Lipinski definition) is 6. The third-order valence-electron chi connectivity index (χ3n) is 11.4. The third kappa shape index (κ3) is 46.7. The Labute approximate surface area is 372 Å². The Hall–Kier alpha value is -2.37. The minimum atomic E-state index is -0.770. The van der Waals surface area contributed by atoms with E-state index in [-0.39, 0.29) is 31.1 Å². The van der Waals surface area contributed by atoms with Crippen LogP contribution < -0.4 is 0 Å². The van der Waals surface area contributed by atoms with Crippen LogP contribution in [0.2, 0.25) is 0 Å². The van der Waals surface area contributed by atoms with Crippen LogP contribution in [0.15, 0.2) is 36.5 Å². The lowest BCUT2D eigenvalue weighted by Gasteiger charge is -2.18. The van der Waals surface area contributed by atoms with Crippen LogP contribution in [0.25, 0.3) is 0 Å². The van der Waals surface area contributed by atoms with Crippen molar-refractivity contribution < 1.29 is 28.6 Å². The third-order valence-corrected chi connectivity index (χ3v) is 11.4. The zero-order valence-electron chi connectivity index (χ0n) is 40.0. The Morgan fingerprint density at radius 1 is 0.333 bits per heavy atom. The molecular formula is C54H98O6. The smallest absolute Gasteiger partial charge is 0.306 e. The fourth-order valence-corrected chi connectivity index (χ4v) is 7.45. The maximum Gasteiger partial charge on any atom is 0.306 e. The van der Waals surface area contributed by atoms with Gasteiger partial charge in [-0.2, -0.15) is 0 Å². The molecule has 6 heteroatoms. The molecule has 0 aromatic rings. The van der Waals surface area contributed by atoms with Crippen molar-refractivity contribution in [2.45, 2.75) is 277 Å². The van der Waals surface area contributed by atoms with E-state index in [2.05, 4.69) is 57.2 Å². The number of unbranched alkanes of at least 4 members (excludes halogenated alkanes) is 30. The number of rotatable bonds is 47. The van der Waals surface area contributed by atoms with E-state index in [1.54, 1.807) is 0 Å². The van der Waals surface area contributed by atoms with E-state index in [0.717, 1.165) is 77.0 Å². The highest BCUT2D eigenvalue weighted by molar-refractivity contribution is 5.71. The number of carbonyl (C=O) groups excluding carboxylic acids is 3. The van der Waals surface area contributed by atoms with Crippen molar-refractivity contribution in [3.05, 3.63) is 36.5 Å². The molecule has 0 aromatic heterocycles. The minimum Gasteiger partial charge on any atom is -0.462 e. The minimum absolute atomic E-state index is 0.0740. The number of allylic oxidation sites excluding steroid dienone is 6. The summed E-state index contributed by atoms with van der Waals surface area (Å²) in [6.07, 6.45) is 57.2. The fraction of sp³-hybridized carbons (Fsp3) is 0.833. The lowest BCUT2D eigenvalue weighted by molar-refractivity contribution is -0.167. The Kier molecular flexibility index (Phi) is 47.3. The van der Waals surface area contributed by atoms with Crippen LogP contribution in [0.3, 0.4) is 0 Å². The van der Waals surface area contributed by atoms with E-state index in [1.807, 2.05) is 0 Å². The highest BCUT2D eigenvalue weighted by Crippen LogP contribution is 2.15. The van der Waals surface area contributed by atoms with Gasteiger partial charge in [0.15, 0.2) is 6.10 Å². The molecule has 0 bridgehead atoms. The van der Waals surface area contributed by atoms with E-state index in [4.69, 9.17) is 14.2 Å². The van der Waals surface area contributed by atoms with Gasteiger partial charge in [0.2, 0.25) is 0 Å². The lowest BCUT2D eigenvalue weighted by atomic mass is 10.0. The topological polar surface area (TPSA) is 78.9 Å². The quantitative estimate of drug-likeness (QED) is 0.0263. The zero-order valence-corrected chi connectivity index (χ0v) is 40.0. The van der Waals surface area contributed by atoms with E-state index < -0.39 is 6.10 Å². The first kappa shape index (κ1) is 57.6. The molecule has 60 heavy (non-hydrogen) atoms. The van der Waals surface area contributed by atoms with Gasteiger partial charge in [-0.1, -0.05) is 231 Å². The number of carbonyl (C=O) groups is 3. The van der Waals surface area contributed by atoms with Gasteiger partial charge in [-0.25, -0.2) is 0 Å². The van der Waals surface area contributed by atoms with Crippen LogP contribution >= 0.6 is 0 Å². The summed E-state index contributed by atoms with van der Waals surface area (Å²) in [7, 11) is 0. The van der Waals surface area contributed by atoms with Gasteiger partial charge in [-0.15, -0.1) is 0 Å². The molecule has 0 N–H and O–H groups in total. The van der Waals surface area contributed by atoms with Gasteiger partial charge in [-0.05, 0) is 57.8 Å². The molecule has 0 aliphatic carbocycles. The molecule has 0 aromatic carbocycles. The van der Waals surface area contributed by atoms with E-state index in [0.29, 0.717) is 19.3 Å². The predicted octanol–water partition coefficient (Wildman–Crippen LogP) is 16.9. The molecule has 0 saturated carbocycles. The van der Waals surface area contributed by atoms with E-state index in [1.165, 1.54) is 154 Å². The average Bonchev–Trinajstić information content (AvgIpc) is 3.24. The lowest BCUT2D eigenvalue weighted by Crippen LogP contribution is -2.30. The molecule has 350 valence electrons. The van der Waals surface area contributed by atoms with Crippen LogP contribution in [0.5, 0.6) is 0 Å². The summed E-state index contributed by atoms with van der Waals surface area (Å²) < 4.78 is 16.7. The van der Waals surface area contributed by atoms with Crippen LogP contribution in [0.1, 0.15) is 271 Å². The van der Waals surface area contributed by atoms with Crippen LogP contribution in [0.4, 0.5) is 0 Å². The molecule has 1 unspecified atom stereocenters. The molecular weight excluding hydrogens is 745 g/mol. The second kappa shape index (κ2) is 49.3. The van der Waals surface area contributed by atoms with Crippen molar-refractivity contribution in [1.82, 2.24) is 0 Å². The summed E-state index contributed by atoms with van der Waals surface area (Å²) in [5.41, 5.74) is 0. The maximum atomic E-state index is 12.7. The summed E-state index contributed by atoms with van der Waals surface area (Å²) in [5.74, 6) is -0.886. The molecule has 1 atom stereocenters. The molecule has 0 rings (SSSR count). The normalized spacial score (nSPS) is 12.2. The van der Waals surface area contributed by atoms with Crippen molar-refractivity contribution in [2.75, 3.05) is 13.2 Å². The van der Waals surface area contributed by atoms with E-state index in [9.17, 15) is 14.4 Å². The van der Waals surface area contributed by atoms with Crippen molar-refractivity contribution >= 4 is 17.9 Å². The van der Waals surface area contributed by atoms with E-state index >= 15 is 0 Å². The SMILES string of the molecule is CCCCCCC/C=C\C/C=C\C/C=C\CCCCCCCCC(=O)OCC(COC(=O)CCCCCCCC)OC(=O)CCCCCCCCCCCCCCCCC. The van der Waals surface area contributed by atoms with Crippen molar-refractivity contribution in [2.24, 2.45) is 0 Å². The molecule has 0 aliphatic rings. The number of hydrogen-bond donors (Lipinski definition) is 0.